The van der Waals surface area contributed by atoms with Gasteiger partial charge < -0.3 is 26.6 Å². The second-order valence-corrected chi connectivity index (χ2v) is 36.3. The molecule has 3 saturated carbocycles. The fourth-order valence-corrected chi connectivity index (χ4v) is 24.5. The molecule has 2 saturated heterocycles. The summed E-state index contributed by atoms with van der Waals surface area (Å²) in [4.78, 5) is 4.12. The van der Waals surface area contributed by atoms with Gasteiger partial charge in [-0.2, -0.15) is 23.5 Å². The quantitative estimate of drug-likeness (QED) is 0.0239. The number of thiol groups is 2. The van der Waals surface area contributed by atoms with Gasteiger partial charge in [-0.05, 0) is 86.9 Å². The highest BCUT2D eigenvalue weighted by molar-refractivity contribution is 8.80. The Labute approximate surface area is 501 Å². The van der Waals surface area contributed by atoms with E-state index in [-0.39, 0.29) is 0 Å². The number of benzene rings is 3. The van der Waals surface area contributed by atoms with E-state index >= 15 is 0 Å². The van der Waals surface area contributed by atoms with Crippen LogP contribution in [-0.4, -0.2) is 88.3 Å². The molecule has 5 heterocycles. The Balaban J connectivity index is 0.000000191. The van der Waals surface area contributed by atoms with E-state index in [0.29, 0.717) is 36.7 Å². The molecule has 11 rings (SSSR count). The SMILES string of the molecule is C1SC1C1CS1.CC(C)SSC(C)C.SS.c1ccc2c(c1)NC(SNC1CCCCC1)S2.c1ccc2c(c1)NC(SSC(CNC1CCCCC1)C(CNC1CCCCC1)SSC1Nc3ccccc3S1)S2. The van der Waals surface area contributed by atoms with Crippen LogP contribution in [0.1, 0.15) is 124 Å². The number of fused-ring (bicyclic) bond motifs is 3. The lowest BCUT2D eigenvalue weighted by atomic mass is 9.95. The molecule has 0 radical (unpaired) electrons. The van der Waals surface area contributed by atoms with Crippen molar-refractivity contribution in [2.24, 2.45) is 0 Å². The molecule has 3 aromatic rings. The Hall–Kier alpha value is 1.84. The minimum absolute atomic E-state index is 0.366. The molecular formula is C53H82N6S14. The molecule has 0 aromatic heterocycles. The van der Waals surface area contributed by atoms with Crippen LogP contribution in [-0.2, 0) is 0 Å². The van der Waals surface area contributed by atoms with Crippen LogP contribution in [0.4, 0.5) is 17.1 Å². The van der Waals surface area contributed by atoms with E-state index in [1.807, 2.05) is 90.4 Å². The molecule has 20 heteroatoms. The van der Waals surface area contributed by atoms with E-state index in [4.69, 9.17) is 0 Å². The molecule has 0 bridgehead atoms. The van der Waals surface area contributed by atoms with Gasteiger partial charge in [0, 0.05) is 106 Å². The summed E-state index contributed by atoms with van der Waals surface area (Å²) in [7, 11) is 12.2. The van der Waals surface area contributed by atoms with Crippen LogP contribution >= 0.6 is 159 Å². The van der Waals surface area contributed by atoms with Gasteiger partial charge in [0.1, 0.15) is 14.1 Å². The van der Waals surface area contributed by atoms with E-state index in [9.17, 15) is 0 Å². The van der Waals surface area contributed by atoms with Crippen molar-refractivity contribution < 1.29 is 0 Å². The van der Waals surface area contributed by atoms with E-state index in [1.165, 1.54) is 140 Å². The molecule has 7 unspecified atom stereocenters. The molecule has 5 aliphatic heterocycles. The van der Waals surface area contributed by atoms with Gasteiger partial charge in [0.05, 0.1) is 0 Å². The Morgan fingerprint density at radius 1 is 0.479 bits per heavy atom. The first-order valence-corrected chi connectivity index (χ1v) is 40.7. The monoisotopic (exact) mass is 1250 g/mol. The zero-order chi connectivity index (χ0) is 51.0. The van der Waals surface area contributed by atoms with Gasteiger partial charge >= 0.3 is 0 Å². The number of hydrogen-bond acceptors (Lipinski definition) is 20. The van der Waals surface area contributed by atoms with Crippen molar-refractivity contribution in [3.05, 3.63) is 72.8 Å². The maximum Gasteiger partial charge on any atom is 0.138 e. The third kappa shape index (κ3) is 23.7. The average Bonchev–Trinajstić information content (AvgIpc) is 4.34. The third-order valence-electron chi connectivity index (χ3n) is 13.1. The zero-order valence-electron chi connectivity index (χ0n) is 43.1. The summed E-state index contributed by atoms with van der Waals surface area (Å²) in [5.41, 5.74) is 3.85. The largest absolute Gasteiger partial charge is 0.363 e. The number of thioether (sulfide) groups is 5. The lowest BCUT2D eigenvalue weighted by Crippen LogP contribution is -2.44. The Bertz CT molecular complexity index is 1790. The molecule has 7 atom stereocenters. The zero-order valence-corrected chi connectivity index (χ0v) is 54.7. The highest BCUT2D eigenvalue weighted by Gasteiger charge is 2.40. The van der Waals surface area contributed by atoms with Crippen molar-refractivity contribution in [3.63, 3.8) is 0 Å². The van der Waals surface area contributed by atoms with Crippen molar-refractivity contribution >= 4 is 176 Å². The summed E-state index contributed by atoms with van der Waals surface area (Å²) in [6.45, 7) is 11.1. The second kappa shape index (κ2) is 35.6. The highest BCUT2D eigenvalue weighted by Crippen LogP contribution is 2.52. The van der Waals surface area contributed by atoms with E-state index < -0.39 is 0 Å². The summed E-state index contributed by atoms with van der Waals surface area (Å²) in [5, 5.41) is 23.9. The molecule has 73 heavy (non-hydrogen) atoms. The predicted molar refractivity (Wildman–Crippen MR) is 360 cm³/mol. The molecule has 3 aromatic carbocycles. The van der Waals surface area contributed by atoms with Gasteiger partial charge in [0.25, 0.3) is 0 Å². The maximum absolute atomic E-state index is 4.04. The first-order valence-electron chi connectivity index (χ1n) is 26.7. The second-order valence-electron chi connectivity index (χ2n) is 19.8. The summed E-state index contributed by atoms with van der Waals surface area (Å²) in [6.07, 6.45) is 20.6. The lowest BCUT2D eigenvalue weighted by molar-refractivity contribution is 0.362. The van der Waals surface area contributed by atoms with Gasteiger partial charge in [-0.25, -0.2) is 0 Å². The van der Waals surface area contributed by atoms with E-state index in [0.717, 1.165) is 40.1 Å². The van der Waals surface area contributed by atoms with Crippen LogP contribution in [0.5, 0.6) is 0 Å². The van der Waals surface area contributed by atoms with Crippen LogP contribution in [0, 0.1) is 0 Å². The van der Waals surface area contributed by atoms with Gasteiger partial charge in [-0.3, -0.25) is 4.72 Å². The molecule has 0 spiro atoms. The summed E-state index contributed by atoms with van der Waals surface area (Å²) in [5.74, 6) is 2.91. The van der Waals surface area contributed by atoms with Crippen molar-refractivity contribution in [3.8, 4) is 0 Å². The maximum atomic E-state index is 4.04. The molecule has 6 nitrogen and oxygen atoms in total. The highest BCUT2D eigenvalue weighted by atomic mass is 33.1. The van der Waals surface area contributed by atoms with Crippen LogP contribution in [0.3, 0.4) is 0 Å². The Morgan fingerprint density at radius 3 is 1.18 bits per heavy atom. The normalized spacial score (nSPS) is 24.7. The van der Waals surface area contributed by atoms with Gasteiger partial charge in [0.2, 0.25) is 0 Å². The molecule has 408 valence electrons. The molecule has 0 amide bonds. The topological polar surface area (TPSA) is 72.2 Å². The van der Waals surface area contributed by atoms with Crippen molar-refractivity contribution in [2.45, 2.75) is 202 Å². The van der Waals surface area contributed by atoms with Crippen LogP contribution in [0.25, 0.3) is 0 Å². The number of nitrogens with one attached hydrogen (secondary N) is 6. The van der Waals surface area contributed by atoms with Crippen molar-refractivity contribution in [1.82, 2.24) is 15.4 Å². The smallest absolute Gasteiger partial charge is 0.138 e. The number of para-hydroxylation sites is 3. The lowest BCUT2D eigenvalue weighted by Gasteiger charge is -2.32. The first-order chi connectivity index (χ1) is 35.8. The molecule has 3 aliphatic carbocycles. The standard InChI is InChI=1S/C30H42N4S6.C13H18N2S2.C6H14S2.C4H6S2.H2S2/c1-3-11-21(12-4-1)31-19-27(37-39-29-33-23-15-7-9-17-25(23)35-29)28(20-32-22-13-5-2-6-14-22)38-40-30-34-24-16-8-10-18-26(24)36-30;1-2-6-10(7-3-1)15-17-13-14-11-8-4-5-9-12(11)16-13;1-5(2)7-8-6(3)4;1-3(5-1)4-2-6-4;1-2/h7-10,15-18,21-22,27-34H,1-6,11-14,19-20H2;4-5,8-10,13-15H,1-3,6-7H2;5-6H,1-4H3;3-4H,1-2H2;1-2H. The summed E-state index contributed by atoms with van der Waals surface area (Å²) in [6, 6.07) is 28.1. The number of hydrogen-bond donors (Lipinski definition) is 8. The first kappa shape index (κ1) is 62.4. The minimum Gasteiger partial charge on any atom is -0.363 e. The van der Waals surface area contributed by atoms with Crippen LogP contribution < -0.4 is 31.3 Å². The van der Waals surface area contributed by atoms with Gasteiger partial charge in [-0.1, -0.05) is 222 Å². The third-order valence-corrected chi connectivity index (χ3v) is 30.7. The van der Waals surface area contributed by atoms with E-state index in [2.05, 4.69) is 200 Å². The fraction of sp³-hybridized carbons (Fsp3) is 0.660. The average molecular weight is 1250 g/mol. The van der Waals surface area contributed by atoms with Crippen molar-refractivity contribution in [1.29, 1.82) is 0 Å². The number of rotatable bonds is 20. The summed E-state index contributed by atoms with van der Waals surface area (Å²) < 4.78 is 4.79. The minimum atomic E-state index is 0.366. The van der Waals surface area contributed by atoms with Crippen LogP contribution in [0.2, 0.25) is 0 Å². The molecule has 6 N–H and O–H groups in total. The van der Waals surface area contributed by atoms with E-state index in [1.54, 1.807) is 0 Å². The Morgan fingerprint density at radius 2 is 0.822 bits per heavy atom. The molecule has 8 aliphatic rings. The molecular weight excluding hydrogens is 1170 g/mol. The van der Waals surface area contributed by atoms with Gasteiger partial charge in [-0.15, -0.1) is 23.3 Å². The van der Waals surface area contributed by atoms with Gasteiger partial charge in [0.15, 0.2) is 0 Å². The molecule has 5 fully saturated rings. The fourth-order valence-electron chi connectivity index (χ4n) is 9.04. The Kier molecular flexibility index (Phi) is 30.5. The van der Waals surface area contributed by atoms with Crippen LogP contribution in [0.15, 0.2) is 87.5 Å². The number of anilines is 3. The predicted octanol–water partition coefficient (Wildman–Crippen LogP) is 18.6. The van der Waals surface area contributed by atoms with Crippen molar-refractivity contribution in [2.75, 3.05) is 40.5 Å². The summed E-state index contributed by atoms with van der Waals surface area (Å²) >= 11 is 18.4.